The fourth-order valence-corrected chi connectivity index (χ4v) is 3.52. The molecule has 0 aromatic heterocycles. The number of para-hydroxylation sites is 1. The standard InChI is InChI=1S/C23H28FNO5/c1-27-18-12-21(28-2)23(22(13-18)29-3)16-8-10-25(11-9-16)14-17(26)15-30-20-7-5-4-6-19(20)24/h4-8,12-13,17,26H,9-11,14-15H2,1-3H3/t17-/m0/s1. The molecule has 3 rings (SSSR count). The van der Waals surface area contributed by atoms with Gasteiger partial charge in [-0.3, -0.25) is 4.90 Å². The number of aliphatic hydroxyl groups is 1. The van der Waals surface area contributed by atoms with Crippen LogP contribution in [0.4, 0.5) is 4.39 Å². The van der Waals surface area contributed by atoms with Gasteiger partial charge in [-0.25, -0.2) is 4.39 Å². The van der Waals surface area contributed by atoms with E-state index in [0.29, 0.717) is 30.3 Å². The molecular formula is C23H28FNO5. The Balaban J connectivity index is 1.62. The summed E-state index contributed by atoms with van der Waals surface area (Å²) < 4.78 is 35.4. The molecule has 30 heavy (non-hydrogen) atoms. The lowest BCUT2D eigenvalue weighted by Crippen LogP contribution is -2.38. The molecule has 0 bridgehead atoms. The van der Waals surface area contributed by atoms with Crippen LogP contribution in [0.15, 0.2) is 42.5 Å². The van der Waals surface area contributed by atoms with Crippen LogP contribution in [0.25, 0.3) is 5.57 Å². The molecule has 1 N–H and O–H groups in total. The van der Waals surface area contributed by atoms with Gasteiger partial charge in [0.1, 0.15) is 30.0 Å². The number of aliphatic hydroxyl groups excluding tert-OH is 1. The zero-order valence-corrected chi connectivity index (χ0v) is 17.6. The van der Waals surface area contributed by atoms with Crippen molar-refractivity contribution in [1.29, 1.82) is 0 Å². The lowest BCUT2D eigenvalue weighted by molar-refractivity contribution is 0.0702. The maximum Gasteiger partial charge on any atom is 0.165 e. The van der Waals surface area contributed by atoms with Gasteiger partial charge in [0.15, 0.2) is 11.6 Å². The van der Waals surface area contributed by atoms with Gasteiger partial charge in [0.25, 0.3) is 0 Å². The van der Waals surface area contributed by atoms with E-state index in [4.69, 9.17) is 18.9 Å². The van der Waals surface area contributed by atoms with Crippen molar-refractivity contribution < 1.29 is 28.4 Å². The summed E-state index contributed by atoms with van der Waals surface area (Å²) in [6.45, 7) is 1.91. The number of benzene rings is 2. The quantitative estimate of drug-likeness (QED) is 0.675. The second-order valence-corrected chi connectivity index (χ2v) is 7.04. The fourth-order valence-electron chi connectivity index (χ4n) is 3.52. The minimum absolute atomic E-state index is 0.0358. The molecule has 0 fully saturated rings. The first-order valence-electron chi connectivity index (χ1n) is 9.82. The highest BCUT2D eigenvalue weighted by Crippen LogP contribution is 2.40. The number of hydrogen-bond donors (Lipinski definition) is 1. The number of halogens is 1. The van der Waals surface area contributed by atoms with E-state index in [0.717, 1.165) is 24.1 Å². The van der Waals surface area contributed by atoms with Crippen LogP contribution in [0.3, 0.4) is 0 Å². The number of β-amino-alcohol motifs (C(OH)–C–C–N with tert-alkyl or cyclic N) is 1. The summed E-state index contributed by atoms with van der Waals surface area (Å²) in [6, 6.07) is 9.87. The maximum atomic E-state index is 13.6. The Kier molecular flexibility index (Phi) is 7.54. The number of ether oxygens (including phenoxy) is 4. The average Bonchev–Trinajstić information content (AvgIpc) is 2.78. The summed E-state index contributed by atoms with van der Waals surface area (Å²) in [5.41, 5.74) is 2.04. The molecule has 0 unspecified atom stereocenters. The highest BCUT2D eigenvalue weighted by atomic mass is 19.1. The highest BCUT2D eigenvalue weighted by molar-refractivity contribution is 5.77. The summed E-state index contributed by atoms with van der Waals surface area (Å²) in [4.78, 5) is 2.13. The highest BCUT2D eigenvalue weighted by Gasteiger charge is 2.22. The van der Waals surface area contributed by atoms with Gasteiger partial charge in [0.05, 0.1) is 26.9 Å². The van der Waals surface area contributed by atoms with Crippen LogP contribution in [0.2, 0.25) is 0 Å². The van der Waals surface area contributed by atoms with E-state index < -0.39 is 11.9 Å². The third kappa shape index (κ3) is 5.23. The Bertz CT molecular complexity index is 861. The molecule has 0 radical (unpaired) electrons. The van der Waals surface area contributed by atoms with Crippen LogP contribution < -0.4 is 18.9 Å². The van der Waals surface area contributed by atoms with E-state index in [1.54, 1.807) is 39.5 Å². The summed E-state index contributed by atoms with van der Waals surface area (Å²) in [7, 11) is 4.85. The lowest BCUT2D eigenvalue weighted by atomic mass is 9.97. The van der Waals surface area contributed by atoms with Gasteiger partial charge in [0, 0.05) is 31.8 Å². The zero-order chi connectivity index (χ0) is 21.5. The lowest BCUT2D eigenvalue weighted by Gasteiger charge is -2.29. The summed E-state index contributed by atoms with van der Waals surface area (Å²) in [5.74, 6) is 1.78. The van der Waals surface area contributed by atoms with Gasteiger partial charge in [-0.15, -0.1) is 0 Å². The average molecular weight is 417 g/mol. The van der Waals surface area contributed by atoms with Crippen LogP contribution in [0.1, 0.15) is 12.0 Å². The van der Waals surface area contributed by atoms with E-state index in [1.165, 1.54) is 6.07 Å². The second-order valence-electron chi connectivity index (χ2n) is 7.04. The van der Waals surface area contributed by atoms with Gasteiger partial charge >= 0.3 is 0 Å². The molecule has 0 aliphatic carbocycles. The molecule has 1 aliphatic heterocycles. The number of hydrogen-bond acceptors (Lipinski definition) is 6. The van der Waals surface area contributed by atoms with Gasteiger partial charge < -0.3 is 24.1 Å². The first-order valence-corrected chi connectivity index (χ1v) is 9.82. The fraction of sp³-hybridized carbons (Fsp3) is 0.391. The summed E-state index contributed by atoms with van der Waals surface area (Å²) >= 11 is 0. The van der Waals surface area contributed by atoms with E-state index in [9.17, 15) is 9.50 Å². The molecule has 1 heterocycles. The first-order chi connectivity index (χ1) is 14.5. The molecule has 2 aromatic rings. The molecule has 2 aromatic carbocycles. The Morgan fingerprint density at radius 2 is 1.73 bits per heavy atom. The number of nitrogens with zero attached hydrogens (tertiary/aromatic N) is 1. The molecule has 1 aliphatic rings. The maximum absolute atomic E-state index is 13.6. The predicted octanol–water partition coefficient (Wildman–Crippen LogP) is 3.38. The van der Waals surface area contributed by atoms with Gasteiger partial charge in [-0.2, -0.15) is 0 Å². The normalized spacial score (nSPS) is 15.3. The van der Waals surface area contributed by atoms with Crippen LogP contribution in [0.5, 0.6) is 23.0 Å². The number of methoxy groups -OCH3 is 3. The van der Waals surface area contributed by atoms with Crippen molar-refractivity contribution >= 4 is 5.57 Å². The van der Waals surface area contributed by atoms with Gasteiger partial charge in [0.2, 0.25) is 0 Å². The molecule has 0 spiro atoms. The topological polar surface area (TPSA) is 60.4 Å². The Morgan fingerprint density at radius 1 is 1.03 bits per heavy atom. The van der Waals surface area contributed by atoms with Crippen molar-refractivity contribution in [2.24, 2.45) is 0 Å². The van der Waals surface area contributed by atoms with Crippen molar-refractivity contribution in [2.75, 3.05) is 47.6 Å². The molecular weight excluding hydrogens is 389 g/mol. The monoisotopic (exact) mass is 417 g/mol. The van der Waals surface area contributed by atoms with Crippen molar-refractivity contribution in [3.8, 4) is 23.0 Å². The Morgan fingerprint density at radius 3 is 2.30 bits per heavy atom. The molecule has 162 valence electrons. The van der Waals surface area contributed by atoms with E-state index in [2.05, 4.69) is 11.0 Å². The molecule has 0 saturated heterocycles. The molecule has 0 saturated carbocycles. The van der Waals surface area contributed by atoms with Crippen LogP contribution in [-0.2, 0) is 0 Å². The first kappa shape index (κ1) is 21.9. The SMILES string of the molecule is COc1cc(OC)c(C2=CCN(C[C@H](O)COc3ccccc3F)CC2)c(OC)c1. The second kappa shape index (κ2) is 10.3. The van der Waals surface area contributed by atoms with Crippen LogP contribution >= 0.6 is 0 Å². The summed E-state index contributed by atoms with van der Waals surface area (Å²) in [5, 5.41) is 10.3. The molecule has 6 nitrogen and oxygen atoms in total. The number of rotatable bonds is 9. The van der Waals surface area contributed by atoms with Crippen molar-refractivity contribution in [1.82, 2.24) is 4.90 Å². The minimum Gasteiger partial charge on any atom is -0.496 e. The molecule has 0 amide bonds. The van der Waals surface area contributed by atoms with Gasteiger partial charge in [-0.05, 0) is 24.1 Å². The van der Waals surface area contributed by atoms with E-state index >= 15 is 0 Å². The Labute approximate surface area is 176 Å². The van der Waals surface area contributed by atoms with Crippen molar-refractivity contribution in [3.05, 3.63) is 53.9 Å². The van der Waals surface area contributed by atoms with Crippen molar-refractivity contribution in [2.45, 2.75) is 12.5 Å². The van der Waals surface area contributed by atoms with Crippen LogP contribution in [0, 0.1) is 5.82 Å². The predicted molar refractivity (Wildman–Crippen MR) is 113 cm³/mol. The third-order valence-electron chi connectivity index (χ3n) is 5.07. The van der Waals surface area contributed by atoms with Crippen molar-refractivity contribution in [3.63, 3.8) is 0 Å². The van der Waals surface area contributed by atoms with Crippen LogP contribution in [-0.4, -0.2) is 63.7 Å². The third-order valence-corrected chi connectivity index (χ3v) is 5.07. The largest absolute Gasteiger partial charge is 0.496 e. The zero-order valence-electron chi connectivity index (χ0n) is 17.6. The van der Waals surface area contributed by atoms with Gasteiger partial charge in [-0.1, -0.05) is 18.2 Å². The van der Waals surface area contributed by atoms with E-state index in [-0.39, 0.29) is 12.4 Å². The smallest absolute Gasteiger partial charge is 0.165 e. The minimum atomic E-state index is -0.718. The Hall–Kier alpha value is -2.77. The summed E-state index contributed by atoms with van der Waals surface area (Å²) in [6.07, 6.45) is 2.17. The molecule has 1 atom stereocenters. The molecule has 7 heteroatoms. The van der Waals surface area contributed by atoms with E-state index in [1.807, 2.05) is 12.1 Å².